The van der Waals surface area contributed by atoms with E-state index in [1.54, 1.807) is 32.2 Å². The van der Waals surface area contributed by atoms with Gasteiger partial charge < -0.3 is 9.88 Å². The molecular formula is C12H10Cl2N2O2S. The number of benzene rings is 1. The van der Waals surface area contributed by atoms with Gasteiger partial charge in [-0.25, -0.2) is 0 Å². The molecule has 1 heterocycles. The molecule has 7 heteroatoms. The van der Waals surface area contributed by atoms with Gasteiger partial charge >= 0.3 is 4.87 Å². The number of hydrogen-bond donors (Lipinski definition) is 1. The molecule has 0 fully saturated rings. The molecular weight excluding hydrogens is 307 g/mol. The second-order valence-corrected chi connectivity index (χ2v) is 5.70. The van der Waals surface area contributed by atoms with Crippen LogP contribution in [-0.4, -0.2) is 10.5 Å². The number of aromatic nitrogens is 1. The zero-order valence-electron chi connectivity index (χ0n) is 10.2. The average molecular weight is 317 g/mol. The molecule has 0 aliphatic heterocycles. The Bertz CT molecular complexity index is 706. The Morgan fingerprint density at radius 1 is 1.32 bits per heavy atom. The number of halogens is 2. The number of nitrogens with zero attached hydrogens (tertiary/aromatic N) is 1. The third-order valence-corrected chi connectivity index (χ3v) is 4.55. The van der Waals surface area contributed by atoms with Gasteiger partial charge in [-0.2, -0.15) is 0 Å². The minimum atomic E-state index is -0.335. The van der Waals surface area contributed by atoms with E-state index in [0.717, 1.165) is 11.3 Å². The van der Waals surface area contributed by atoms with Crippen LogP contribution in [0.25, 0.3) is 0 Å². The molecule has 2 aromatic rings. The molecule has 1 N–H and O–H groups in total. The zero-order chi connectivity index (χ0) is 14.2. The van der Waals surface area contributed by atoms with E-state index < -0.39 is 0 Å². The highest BCUT2D eigenvalue weighted by atomic mass is 35.5. The third kappa shape index (κ3) is 2.83. The van der Waals surface area contributed by atoms with Crippen LogP contribution in [0, 0.1) is 6.92 Å². The first-order chi connectivity index (χ1) is 8.90. The number of carbonyl (C=O) groups excluding carboxylic acids is 1. The maximum absolute atomic E-state index is 12.1. The fourth-order valence-electron chi connectivity index (χ4n) is 1.49. The first-order valence-corrected chi connectivity index (χ1v) is 6.90. The number of hydrogen-bond acceptors (Lipinski definition) is 3. The van der Waals surface area contributed by atoms with Gasteiger partial charge in [-0.1, -0.05) is 34.5 Å². The molecule has 2 rings (SSSR count). The lowest BCUT2D eigenvalue weighted by Gasteiger charge is -2.05. The van der Waals surface area contributed by atoms with Gasteiger partial charge in [0.25, 0.3) is 5.91 Å². The fourth-order valence-corrected chi connectivity index (χ4v) is 2.67. The summed E-state index contributed by atoms with van der Waals surface area (Å²) in [7, 11) is 1.63. The molecule has 0 saturated carbocycles. The van der Waals surface area contributed by atoms with Crippen molar-refractivity contribution >= 4 is 46.1 Å². The number of carbonyl (C=O) groups is 1. The summed E-state index contributed by atoms with van der Waals surface area (Å²) in [4.78, 5) is 23.8. The second kappa shape index (κ2) is 5.36. The monoisotopic (exact) mass is 316 g/mol. The van der Waals surface area contributed by atoms with Crippen molar-refractivity contribution < 1.29 is 4.79 Å². The Hall–Kier alpha value is -1.30. The quantitative estimate of drug-likeness (QED) is 0.924. The molecule has 0 aliphatic carbocycles. The maximum Gasteiger partial charge on any atom is 0.307 e. The Morgan fingerprint density at radius 2 is 2.00 bits per heavy atom. The normalized spacial score (nSPS) is 10.5. The molecule has 100 valence electrons. The minimum absolute atomic E-state index is 0.170. The Morgan fingerprint density at radius 3 is 2.53 bits per heavy atom. The summed E-state index contributed by atoms with van der Waals surface area (Å²) in [6.45, 7) is 1.72. The van der Waals surface area contributed by atoms with Crippen LogP contribution in [0.1, 0.15) is 15.4 Å². The highest BCUT2D eigenvalue weighted by Crippen LogP contribution is 2.25. The fraction of sp³-hybridized carbons (Fsp3) is 0.167. The summed E-state index contributed by atoms with van der Waals surface area (Å²) in [6.07, 6.45) is 0. The van der Waals surface area contributed by atoms with Gasteiger partial charge in [0.1, 0.15) is 4.88 Å². The van der Waals surface area contributed by atoms with E-state index in [0.29, 0.717) is 26.3 Å². The van der Waals surface area contributed by atoms with Crippen molar-refractivity contribution in [1.82, 2.24) is 4.57 Å². The van der Waals surface area contributed by atoms with Crippen LogP contribution >= 0.6 is 34.5 Å². The Kier molecular flexibility index (Phi) is 3.99. The van der Waals surface area contributed by atoms with Crippen LogP contribution in [0.15, 0.2) is 23.0 Å². The van der Waals surface area contributed by atoms with Crippen molar-refractivity contribution in [3.63, 3.8) is 0 Å². The standard InChI is InChI=1S/C12H10Cl2N2O2S/c1-6-10(19-12(18)16(6)2)11(17)15-7-3-4-8(13)9(14)5-7/h3-5H,1-2H3,(H,15,17). The predicted octanol–water partition coefficient (Wildman–Crippen LogP) is 3.31. The number of nitrogens with one attached hydrogen (secondary N) is 1. The van der Waals surface area contributed by atoms with Gasteiger partial charge in [-0.05, 0) is 25.1 Å². The summed E-state index contributed by atoms with van der Waals surface area (Å²) in [5.74, 6) is -0.335. The molecule has 0 bridgehead atoms. The summed E-state index contributed by atoms with van der Waals surface area (Å²) in [6, 6.07) is 4.80. The van der Waals surface area contributed by atoms with Gasteiger partial charge in [-0.3, -0.25) is 9.59 Å². The average Bonchev–Trinajstić information content (AvgIpc) is 2.62. The first-order valence-electron chi connectivity index (χ1n) is 5.33. The molecule has 0 atom stereocenters. The third-order valence-electron chi connectivity index (χ3n) is 2.68. The van der Waals surface area contributed by atoms with Crippen molar-refractivity contribution in [3.05, 3.63) is 48.5 Å². The summed E-state index contributed by atoms with van der Waals surface area (Å²) < 4.78 is 1.44. The summed E-state index contributed by atoms with van der Waals surface area (Å²) in [5, 5.41) is 3.46. The topological polar surface area (TPSA) is 51.1 Å². The molecule has 0 spiro atoms. The zero-order valence-corrected chi connectivity index (χ0v) is 12.5. The van der Waals surface area contributed by atoms with E-state index in [1.165, 1.54) is 4.57 Å². The van der Waals surface area contributed by atoms with E-state index >= 15 is 0 Å². The van der Waals surface area contributed by atoms with Crippen molar-refractivity contribution in [2.75, 3.05) is 5.32 Å². The number of rotatable bonds is 2. The van der Waals surface area contributed by atoms with Gasteiger partial charge in [0.2, 0.25) is 0 Å². The molecule has 0 unspecified atom stereocenters. The maximum atomic E-state index is 12.1. The van der Waals surface area contributed by atoms with Crippen molar-refractivity contribution in [2.24, 2.45) is 7.05 Å². The SMILES string of the molecule is Cc1c(C(=O)Nc2ccc(Cl)c(Cl)c2)sc(=O)n1C. The van der Waals surface area contributed by atoms with E-state index in [-0.39, 0.29) is 10.8 Å². The summed E-state index contributed by atoms with van der Waals surface area (Å²) in [5.41, 5.74) is 1.16. The van der Waals surface area contributed by atoms with Crippen LogP contribution in [0.4, 0.5) is 5.69 Å². The predicted molar refractivity (Wildman–Crippen MR) is 78.7 cm³/mol. The molecule has 1 amide bonds. The van der Waals surface area contributed by atoms with Crippen LogP contribution in [0.3, 0.4) is 0 Å². The Balaban J connectivity index is 2.28. The molecule has 0 radical (unpaired) electrons. The molecule has 19 heavy (non-hydrogen) atoms. The van der Waals surface area contributed by atoms with Crippen molar-refractivity contribution in [2.45, 2.75) is 6.92 Å². The van der Waals surface area contributed by atoms with Gasteiger partial charge in [-0.15, -0.1) is 0 Å². The van der Waals surface area contributed by atoms with E-state index in [1.807, 2.05) is 0 Å². The van der Waals surface area contributed by atoms with Crippen LogP contribution in [0.2, 0.25) is 10.0 Å². The van der Waals surface area contributed by atoms with Crippen LogP contribution in [-0.2, 0) is 7.05 Å². The highest BCUT2D eigenvalue weighted by molar-refractivity contribution is 7.11. The molecule has 0 saturated heterocycles. The molecule has 0 aliphatic rings. The minimum Gasteiger partial charge on any atom is -0.321 e. The smallest absolute Gasteiger partial charge is 0.307 e. The molecule has 1 aromatic carbocycles. The van der Waals surface area contributed by atoms with Crippen molar-refractivity contribution in [1.29, 1.82) is 0 Å². The lowest BCUT2D eigenvalue weighted by atomic mass is 10.3. The lowest BCUT2D eigenvalue weighted by Crippen LogP contribution is -2.12. The van der Waals surface area contributed by atoms with Gasteiger partial charge in [0.15, 0.2) is 0 Å². The van der Waals surface area contributed by atoms with E-state index in [2.05, 4.69) is 5.32 Å². The largest absolute Gasteiger partial charge is 0.321 e. The van der Waals surface area contributed by atoms with Gasteiger partial charge in [0, 0.05) is 18.4 Å². The van der Waals surface area contributed by atoms with Gasteiger partial charge in [0.05, 0.1) is 10.0 Å². The summed E-state index contributed by atoms with van der Waals surface area (Å²) >= 11 is 12.6. The number of anilines is 1. The van der Waals surface area contributed by atoms with Crippen LogP contribution in [0.5, 0.6) is 0 Å². The van der Waals surface area contributed by atoms with Crippen molar-refractivity contribution in [3.8, 4) is 0 Å². The van der Waals surface area contributed by atoms with E-state index in [9.17, 15) is 9.59 Å². The number of amides is 1. The first kappa shape index (κ1) is 14.1. The molecule has 1 aromatic heterocycles. The molecule has 4 nitrogen and oxygen atoms in total. The van der Waals surface area contributed by atoms with E-state index in [4.69, 9.17) is 23.2 Å². The lowest BCUT2D eigenvalue weighted by molar-refractivity contribution is 0.102. The second-order valence-electron chi connectivity index (χ2n) is 3.92. The number of thiazole rings is 1. The Labute approximate surface area is 123 Å². The van der Waals surface area contributed by atoms with Crippen LogP contribution < -0.4 is 10.2 Å². The highest BCUT2D eigenvalue weighted by Gasteiger charge is 2.16.